The van der Waals surface area contributed by atoms with E-state index < -0.39 is 0 Å². The van der Waals surface area contributed by atoms with Gasteiger partial charge >= 0.3 is 0 Å². The van der Waals surface area contributed by atoms with E-state index >= 15 is 0 Å². The molecule has 0 heterocycles. The molecule has 0 bridgehead atoms. The number of fused-ring (bicyclic) bond motifs is 1. The van der Waals surface area contributed by atoms with Gasteiger partial charge in [-0.05, 0) is 34.0 Å². The van der Waals surface area contributed by atoms with Crippen LogP contribution in [0.5, 0.6) is 0 Å². The molecule has 0 saturated carbocycles. The molecule has 4 heteroatoms. The quantitative estimate of drug-likeness (QED) is 0.412. The highest BCUT2D eigenvalue weighted by Crippen LogP contribution is 2.35. The van der Waals surface area contributed by atoms with Crippen molar-refractivity contribution >= 4 is 61.3 Å². The smallest absolute Gasteiger partial charge is 0.0907 e. The van der Waals surface area contributed by atoms with Crippen molar-refractivity contribution in [2.75, 3.05) is 14.1 Å². The lowest BCUT2D eigenvalue weighted by Crippen LogP contribution is -2.07. The summed E-state index contributed by atoms with van der Waals surface area (Å²) < 4.78 is 2.26. The van der Waals surface area contributed by atoms with E-state index in [4.69, 9.17) is 0 Å². The summed E-state index contributed by atoms with van der Waals surface area (Å²) in [6, 6.07) is 10.4. The molecule has 0 atom stereocenters. The van der Waals surface area contributed by atoms with Crippen molar-refractivity contribution in [3.63, 3.8) is 0 Å². The number of nitrogens with zero attached hydrogens (tertiary/aromatic N) is 2. The standard InChI is InChI=1S/C13H12BrIN2/c1-17(2)8-16-13-10-6-4-3-5-9(10)11(14)7-12(13)15/h3-8H,1-2H3/b16-8+. The molecule has 0 amide bonds. The molecule has 2 aromatic carbocycles. The summed E-state index contributed by atoms with van der Waals surface area (Å²) in [5, 5.41) is 2.36. The molecule has 2 nitrogen and oxygen atoms in total. The second-order valence-electron chi connectivity index (χ2n) is 3.94. The van der Waals surface area contributed by atoms with Crippen LogP contribution in [0.15, 0.2) is 39.8 Å². The summed E-state index contributed by atoms with van der Waals surface area (Å²) in [4.78, 5) is 6.48. The normalized spacial score (nSPS) is 11.3. The van der Waals surface area contributed by atoms with E-state index in [0.29, 0.717) is 0 Å². The predicted octanol–water partition coefficient (Wildman–Crippen LogP) is 4.43. The number of halogens is 2. The number of aliphatic imine (C=N–C) groups is 1. The van der Waals surface area contributed by atoms with Gasteiger partial charge in [-0.2, -0.15) is 0 Å². The number of hydrogen-bond donors (Lipinski definition) is 0. The lowest BCUT2D eigenvalue weighted by molar-refractivity contribution is 0.643. The molecule has 0 unspecified atom stereocenters. The van der Waals surface area contributed by atoms with Crippen LogP contribution in [0.3, 0.4) is 0 Å². The minimum Gasteiger partial charge on any atom is -0.369 e. The van der Waals surface area contributed by atoms with Crippen LogP contribution in [0.1, 0.15) is 0 Å². The fraction of sp³-hybridized carbons (Fsp3) is 0.154. The SMILES string of the molecule is CN(C)/C=N/c1c(I)cc(Br)c2ccccc12. The second-order valence-corrected chi connectivity index (χ2v) is 5.96. The minimum absolute atomic E-state index is 1.03. The summed E-state index contributed by atoms with van der Waals surface area (Å²) in [5.74, 6) is 0. The Bertz CT molecular complexity index is 579. The van der Waals surface area contributed by atoms with Crippen LogP contribution >= 0.6 is 38.5 Å². The van der Waals surface area contributed by atoms with Crippen molar-refractivity contribution in [3.05, 3.63) is 38.4 Å². The average molecular weight is 403 g/mol. The third kappa shape index (κ3) is 2.80. The van der Waals surface area contributed by atoms with Gasteiger partial charge in [0, 0.05) is 27.5 Å². The first-order valence-electron chi connectivity index (χ1n) is 5.17. The van der Waals surface area contributed by atoms with Crippen molar-refractivity contribution in [1.29, 1.82) is 0 Å². The van der Waals surface area contributed by atoms with E-state index in [1.54, 1.807) is 0 Å². The molecule has 17 heavy (non-hydrogen) atoms. The zero-order valence-electron chi connectivity index (χ0n) is 9.61. The van der Waals surface area contributed by atoms with Crippen LogP contribution in [0.25, 0.3) is 10.8 Å². The lowest BCUT2D eigenvalue weighted by atomic mass is 10.1. The highest BCUT2D eigenvalue weighted by molar-refractivity contribution is 14.1. The molecule has 2 rings (SSSR count). The van der Waals surface area contributed by atoms with Gasteiger partial charge in [-0.25, -0.2) is 4.99 Å². The van der Waals surface area contributed by atoms with Crippen LogP contribution < -0.4 is 0 Å². The molecule has 0 spiro atoms. The van der Waals surface area contributed by atoms with Gasteiger partial charge in [0.15, 0.2) is 0 Å². The Morgan fingerprint density at radius 3 is 2.53 bits per heavy atom. The highest BCUT2D eigenvalue weighted by Gasteiger charge is 2.07. The van der Waals surface area contributed by atoms with Crippen molar-refractivity contribution in [2.45, 2.75) is 0 Å². The fourth-order valence-corrected chi connectivity index (χ4v) is 3.33. The predicted molar refractivity (Wildman–Crippen MR) is 86.2 cm³/mol. The zero-order valence-corrected chi connectivity index (χ0v) is 13.4. The first kappa shape index (κ1) is 12.8. The topological polar surface area (TPSA) is 15.6 Å². The molecule has 0 aliphatic rings. The largest absolute Gasteiger partial charge is 0.369 e. The van der Waals surface area contributed by atoms with Gasteiger partial charge in [0.25, 0.3) is 0 Å². The number of benzene rings is 2. The molecule has 0 saturated heterocycles. The maximum absolute atomic E-state index is 4.55. The van der Waals surface area contributed by atoms with Crippen LogP contribution in [0, 0.1) is 3.57 Å². The first-order chi connectivity index (χ1) is 8.09. The maximum Gasteiger partial charge on any atom is 0.0907 e. The lowest BCUT2D eigenvalue weighted by Gasteiger charge is -2.08. The van der Waals surface area contributed by atoms with E-state index in [-0.39, 0.29) is 0 Å². The van der Waals surface area contributed by atoms with E-state index in [1.807, 2.05) is 37.5 Å². The highest BCUT2D eigenvalue weighted by atomic mass is 127. The Kier molecular flexibility index (Phi) is 4.04. The average Bonchev–Trinajstić information content (AvgIpc) is 2.28. The molecule has 0 aliphatic carbocycles. The molecule has 2 aromatic rings. The van der Waals surface area contributed by atoms with E-state index in [2.05, 4.69) is 61.7 Å². The van der Waals surface area contributed by atoms with Crippen LogP contribution in [0.4, 0.5) is 5.69 Å². The number of hydrogen-bond acceptors (Lipinski definition) is 1. The Morgan fingerprint density at radius 1 is 1.24 bits per heavy atom. The maximum atomic E-state index is 4.55. The van der Waals surface area contributed by atoms with Crippen LogP contribution in [-0.4, -0.2) is 25.3 Å². The first-order valence-corrected chi connectivity index (χ1v) is 7.04. The fourth-order valence-electron chi connectivity index (χ4n) is 1.59. The molecule has 0 radical (unpaired) electrons. The second kappa shape index (κ2) is 5.35. The summed E-state index contributed by atoms with van der Waals surface area (Å²) in [6.07, 6.45) is 1.83. The van der Waals surface area contributed by atoms with Crippen LogP contribution in [-0.2, 0) is 0 Å². The van der Waals surface area contributed by atoms with Gasteiger partial charge in [-0.3, -0.25) is 0 Å². The third-order valence-corrected chi connectivity index (χ3v) is 3.82. The Labute approximate surface area is 123 Å². The van der Waals surface area contributed by atoms with Gasteiger partial charge in [0.1, 0.15) is 0 Å². The summed E-state index contributed by atoms with van der Waals surface area (Å²) in [6.45, 7) is 0. The molecular formula is C13H12BrIN2. The minimum atomic E-state index is 1.03. The van der Waals surface area contributed by atoms with Gasteiger partial charge in [0.05, 0.1) is 12.0 Å². The summed E-state index contributed by atoms with van der Waals surface area (Å²) in [5.41, 5.74) is 1.03. The van der Waals surface area contributed by atoms with Crippen molar-refractivity contribution in [1.82, 2.24) is 4.90 Å². The molecule has 0 aliphatic heterocycles. The van der Waals surface area contributed by atoms with Gasteiger partial charge < -0.3 is 4.90 Å². The molecular weight excluding hydrogens is 391 g/mol. The Balaban J connectivity index is 2.69. The van der Waals surface area contributed by atoms with Gasteiger partial charge in [-0.1, -0.05) is 40.2 Å². The van der Waals surface area contributed by atoms with E-state index in [9.17, 15) is 0 Å². The summed E-state index contributed by atoms with van der Waals surface area (Å²) in [7, 11) is 3.94. The molecule has 0 fully saturated rings. The molecule has 0 aromatic heterocycles. The summed E-state index contributed by atoms with van der Waals surface area (Å²) >= 11 is 5.91. The Morgan fingerprint density at radius 2 is 1.88 bits per heavy atom. The van der Waals surface area contributed by atoms with Crippen molar-refractivity contribution in [2.24, 2.45) is 4.99 Å². The van der Waals surface area contributed by atoms with E-state index in [0.717, 1.165) is 13.7 Å². The molecule has 88 valence electrons. The Hall–Kier alpha value is -0.620. The molecule has 0 N–H and O–H groups in total. The van der Waals surface area contributed by atoms with E-state index in [1.165, 1.54) is 10.8 Å². The van der Waals surface area contributed by atoms with Crippen molar-refractivity contribution in [3.8, 4) is 0 Å². The van der Waals surface area contributed by atoms with Crippen LogP contribution in [0.2, 0.25) is 0 Å². The van der Waals surface area contributed by atoms with Gasteiger partial charge in [0.2, 0.25) is 0 Å². The van der Waals surface area contributed by atoms with Gasteiger partial charge in [-0.15, -0.1) is 0 Å². The van der Waals surface area contributed by atoms with Crippen molar-refractivity contribution < 1.29 is 0 Å². The number of rotatable bonds is 2. The third-order valence-electron chi connectivity index (χ3n) is 2.34. The zero-order chi connectivity index (χ0) is 12.4. The monoisotopic (exact) mass is 402 g/mol.